The zero-order valence-electron chi connectivity index (χ0n) is 16.6. The molecule has 0 unspecified atom stereocenters. The van der Waals surface area contributed by atoms with E-state index in [-0.39, 0.29) is 5.78 Å². The molecule has 0 saturated carbocycles. The molecule has 2 aromatic carbocycles. The SMILES string of the molecule is CCCCCOc1ccc(/C=C/C(=O)c2ccc(N3CCOCC3)cc2)cc1. The van der Waals surface area contributed by atoms with Crippen molar-refractivity contribution in [2.24, 2.45) is 0 Å². The van der Waals surface area contributed by atoms with E-state index in [4.69, 9.17) is 9.47 Å². The molecular weight excluding hydrogens is 350 g/mol. The summed E-state index contributed by atoms with van der Waals surface area (Å²) < 4.78 is 11.1. The van der Waals surface area contributed by atoms with Gasteiger partial charge in [0.25, 0.3) is 0 Å². The highest BCUT2D eigenvalue weighted by Gasteiger charge is 2.11. The third-order valence-electron chi connectivity index (χ3n) is 4.85. The number of morpholine rings is 1. The summed E-state index contributed by atoms with van der Waals surface area (Å²) in [7, 11) is 0. The summed E-state index contributed by atoms with van der Waals surface area (Å²) in [6.07, 6.45) is 6.93. The number of rotatable bonds is 9. The Morgan fingerprint density at radius 1 is 1.04 bits per heavy atom. The molecule has 1 aliphatic rings. The number of carbonyl (C=O) groups is 1. The van der Waals surface area contributed by atoms with Gasteiger partial charge in [-0.2, -0.15) is 0 Å². The lowest BCUT2D eigenvalue weighted by molar-refractivity contribution is 0.104. The van der Waals surface area contributed by atoms with Gasteiger partial charge in [-0.1, -0.05) is 38.0 Å². The van der Waals surface area contributed by atoms with Crippen molar-refractivity contribution in [3.05, 3.63) is 65.7 Å². The minimum absolute atomic E-state index is 0.00780. The molecule has 0 amide bonds. The average Bonchev–Trinajstić information content (AvgIpc) is 2.76. The molecule has 1 heterocycles. The minimum Gasteiger partial charge on any atom is -0.494 e. The van der Waals surface area contributed by atoms with E-state index >= 15 is 0 Å². The first-order valence-electron chi connectivity index (χ1n) is 10.1. The van der Waals surface area contributed by atoms with Crippen molar-refractivity contribution in [2.45, 2.75) is 26.2 Å². The monoisotopic (exact) mass is 379 g/mol. The van der Waals surface area contributed by atoms with E-state index in [1.807, 2.05) is 54.6 Å². The van der Waals surface area contributed by atoms with Crippen LogP contribution in [0.5, 0.6) is 5.75 Å². The molecule has 0 radical (unpaired) electrons. The molecule has 4 nitrogen and oxygen atoms in total. The maximum Gasteiger partial charge on any atom is 0.185 e. The summed E-state index contributed by atoms with van der Waals surface area (Å²) in [5.74, 6) is 0.881. The van der Waals surface area contributed by atoms with Crippen molar-refractivity contribution in [2.75, 3.05) is 37.8 Å². The van der Waals surface area contributed by atoms with E-state index in [1.54, 1.807) is 6.08 Å². The molecule has 1 aliphatic heterocycles. The van der Waals surface area contributed by atoms with Crippen LogP contribution < -0.4 is 9.64 Å². The highest BCUT2D eigenvalue weighted by Crippen LogP contribution is 2.18. The van der Waals surface area contributed by atoms with Crippen LogP contribution in [0, 0.1) is 0 Å². The van der Waals surface area contributed by atoms with E-state index in [9.17, 15) is 4.79 Å². The Balaban J connectivity index is 1.52. The number of hydrogen-bond acceptors (Lipinski definition) is 4. The Morgan fingerprint density at radius 3 is 2.43 bits per heavy atom. The van der Waals surface area contributed by atoms with Crippen LogP contribution in [0.1, 0.15) is 42.1 Å². The Morgan fingerprint density at radius 2 is 1.75 bits per heavy atom. The van der Waals surface area contributed by atoms with E-state index in [0.29, 0.717) is 5.56 Å². The molecule has 0 aromatic heterocycles. The number of ketones is 1. The zero-order chi connectivity index (χ0) is 19.6. The maximum absolute atomic E-state index is 12.4. The van der Waals surface area contributed by atoms with Gasteiger partial charge in [0, 0.05) is 24.3 Å². The Bertz CT molecular complexity index is 759. The van der Waals surface area contributed by atoms with E-state index < -0.39 is 0 Å². The van der Waals surface area contributed by atoms with Crippen LogP contribution in [0.4, 0.5) is 5.69 Å². The molecule has 28 heavy (non-hydrogen) atoms. The lowest BCUT2D eigenvalue weighted by Crippen LogP contribution is -2.36. The summed E-state index contributed by atoms with van der Waals surface area (Å²) >= 11 is 0. The summed E-state index contributed by atoms with van der Waals surface area (Å²) in [5.41, 5.74) is 2.82. The first-order chi connectivity index (χ1) is 13.8. The third-order valence-corrected chi connectivity index (χ3v) is 4.85. The maximum atomic E-state index is 12.4. The van der Waals surface area contributed by atoms with Crippen LogP contribution >= 0.6 is 0 Å². The van der Waals surface area contributed by atoms with Crippen LogP contribution in [0.25, 0.3) is 6.08 Å². The van der Waals surface area contributed by atoms with Crippen LogP contribution in [-0.4, -0.2) is 38.7 Å². The molecule has 0 bridgehead atoms. The average molecular weight is 380 g/mol. The lowest BCUT2D eigenvalue weighted by atomic mass is 10.1. The predicted molar refractivity (Wildman–Crippen MR) is 114 cm³/mol. The van der Waals surface area contributed by atoms with Crippen LogP contribution in [0.3, 0.4) is 0 Å². The van der Waals surface area contributed by atoms with Crippen molar-refractivity contribution >= 4 is 17.5 Å². The van der Waals surface area contributed by atoms with Crippen molar-refractivity contribution in [3.63, 3.8) is 0 Å². The molecule has 3 rings (SSSR count). The Kier molecular flexibility index (Phi) is 7.68. The molecule has 0 N–H and O–H groups in total. The highest BCUT2D eigenvalue weighted by atomic mass is 16.5. The highest BCUT2D eigenvalue weighted by molar-refractivity contribution is 6.07. The molecule has 148 valence electrons. The van der Waals surface area contributed by atoms with Crippen LogP contribution in [-0.2, 0) is 4.74 Å². The zero-order valence-corrected chi connectivity index (χ0v) is 16.6. The molecule has 1 fully saturated rings. The van der Waals surface area contributed by atoms with Crippen LogP contribution in [0.15, 0.2) is 54.6 Å². The number of nitrogens with zero attached hydrogens (tertiary/aromatic N) is 1. The van der Waals surface area contributed by atoms with Crippen molar-refractivity contribution in [3.8, 4) is 5.75 Å². The standard InChI is InChI=1S/C24H29NO3/c1-2-3-4-17-28-23-12-5-20(6-13-23)7-14-24(26)21-8-10-22(11-9-21)25-15-18-27-19-16-25/h5-14H,2-4,15-19H2,1H3/b14-7+. The summed E-state index contributed by atoms with van der Waals surface area (Å²) in [4.78, 5) is 14.7. The number of benzene rings is 2. The van der Waals surface area contributed by atoms with Gasteiger partial charge in [0.05, 0.1) is 19.8 Å². The minimum atomic E-state index is 0.00780. The van der Waals surface area contributed by atoms with Crippen molar-refractivity contribution in [1.29, 1.82) is 0 Å². The fourth-order valence-electron chi connectivity index (χ4n) is 3.14. The summed E-state index contributed by atoms with van der Waals surface area (Å²) in [6, 6.07) is 15.7. The number of anilines is 1. The number of unbranched alkanes of at least 4 members (excludes halogenated alkanes) is 2. The molecular formula is C24H29NO3. The quantitative estimate of drug-likeness (QED) is 0.350. The van der Waals surface area contributed by atoms with Gasteiger partial charge in [-0.05, 0) is 54.5 Å². The second kappa shape index (κ2) is 10.7. The lowest BCUT2D eigenvalue weighted by Gasteiger charge is -2.28. The van der Waals surface area contributed by atoms with E-state index in [1.165, 1.54) is 12.8 Å². The third kappa shape index (κ3) is 5.96. The van der Waals surface area contributed by atoms with Gasteiger partial charge in [0.1, 0.15) is 5.75 Å². The predicted octanol–water partition coefficient (Wildman–Crippen LogP) is 4.99. The van der Waals surface area contributed by atoms with Gasteiger partial charge in [0.15, 0.2) is 5.78 Å². The number of hydrogen-bond donors (Lipinski definition) is 0. The van der Waals surface area contributed by atoms with Crippen LogP contribution in [0.2, 0.25) is 0 Å². The second-order valence-corrected chi connectivity index (χ2v) is 6.97. The van der Waals surface area contributed by atoms with E-state index in [0.717, 1.165) is 56.3 Å². The molecule has 0 atom stereocenters. The fraction of sp³-hybridized carbons (Fsp3) is 0.375. The van der Waals surface area contributed by atoms with Crippen molar-refractivity contribution < 1.29 is 14.3 Å². The summed E-state index contributed by atoms with van der Waals surface area (Å²) in [5, 5.41) is 0. The topological polar surface area (TPSA) is 38.8 Å². The first kappa shape index (κ1) is 20.2. The summed E-state index contributed by atoms with van der Waals surface area (Å²) in [6.45, 7) is 6.23. The Hall–Kier alpha value is -2.59. The first-order valence-corrected chi connectivity index (χ1v) is 10.1. The fourth-order valence-corrected chi connectivity index (χ4v) is 3.14. The molecule has 2 aromatic rings. The second-order valence-electron chi connectivity index (χ2n) is 6.97. The normalized spacial score (nSPS) is 14.4. The van der Waals surface area contributed by atoms with E-state index in [2.05, 4.69) is 11.8 Å². The van der Waals surface area contributed by atoms with Gasteiger partial charge in [-0.3, -0.25) is 4.79 Å². The number of carbonyl (C=O) groups excluding carboxylic acids is 1. The molecule has 4 heteroatoms. The van der Waals surface area contributed by atoms with Gasteiger partial charge in [-0.25, -0.2) is 0 Å². The number of ether oxygens (including phenoxy) is 2. The molecule has 0 spiro atoms. The largest absolute Gasteiger partial charge is 0.494 e. The molecule has 1 saturated heterocycles. The smallest absolute Gasteiger partial charge is 0.185 e. The number of allylic oxidation sites excluding steroid dienone is 1. The van der Waals surface area contributed by atoms with Crippen molar-refractivity contribution in [1.82, 2.24) is 0 Å². The molecule has 0 aliphatic carbocycles. The van der Waals surface area contributed by atoms with Gasteiger partial charge in [-0.15, -0.1) is 0 Å². The van der Waals surface area contributed by atoms with Gasteiger partial charge >= 0.3 is 0 Å². The Labute approximate surface area is 167 Å². The van der Waals surface area contributed by atoms with Gasteiger partial charge < -0.3 is 14.4 Å². The van der Waals surface area contributed by atoms with Gasteiger partial charge in [0.2, 0.25) is 0 Å².